The molecule has 0 saturated heterocycles. The molecule has 108 valence electrons. The number of hydrogen-bond donors (Lipinski definition) is 1. The first kappa shape index (κ1) is 14.4. The van der Waals surface area contributed by atoms with Gasteiger partial charge in [-0.05, 0) is 47.1 Å². The number of aryl methyl sites for hydroxylation is 1. The number of benzene rings is 1. The average molecular weight is 384 g/mol. The summed E-state index contributed by atoms with van der Waals surface area (Å²) in [6.45, 7) is 1.77. The first-order valence-electron chi connectivity index (χ1n) is 5.95. The maximum absolute atomic E-state index is 12.4. The zero-order chi connectivity index (χ0) is 15.0. The molecule has 5 nitrogen and oxygen atoms in total. The first-order chi connectivity index (χ1) is 9.95. The van der Waals surface area contributed by atoms with Gasteiger partial charge in [-0.15, -0.1) is 11.3 Å². The number of thiophene rings is 1. The summed E-state index contributed by atoms with van der Waals surface area (Å²) in [7, 11) is -3.61. The number of fused-ring (bicyclic) bond motifs is 1. The van der Waals surface area contributed by atoms with E-state index in [1.54, 1.807) is 43.6 Å². The maximum atomic E-state index is 12.4. The molecule has 0 bridgehead atoms. The lowest BCUT2D eigenvalue weighted by Crippen LogP contribution is -2.13. The number of rotatable bonds is 3. The predicted octanol–water partition coefficient (Wildman–Crippen LogP) is 3.56. The molecule has 0 radical (unpaired) electrons. The Bertz CT molecular complexity index is 922. The molecular weight excluding hydrogens is 374 g/mol. The van der Waals surface area contributed by atoms with Gasteiger partial charge in [0.25, 0.3) is 10.0 Å². The number of hydrogen-bond acceptors (Lipinski definition) is 5. The minimum atomic E-state index is -3.61. The van der Waals surface area contributed by atoms with E-state index in [0.29, 0.717) is 11.2 Å². The van der Waals surface area contributed by atoms with Crippen molar-refractivity contribution in [3.05, 3.63) is 45.3 Å². The van der Waals surface area contributed by atoms with Crippen molar-refractivity contribution in [2.45, 2.75) is 11.8 Å². The van der Waals surface area contributed by atoms with E-state index in [2.05, 4.69) is 30.6 Å². The summed E-state index contributed by atoms with van der Waals surface area (Å²) >= 11 is 4.69. The normalized spacial score (nSPS) is 11.7. The van der Waals surface area contributed by atoms with Gasteiger partial charge in [0.15, 0.2) is 0 Å². The first-order valence-corrected chi connectivity index (χ1v) is 9.04. The quantitative estimate of drug-likeness (QED) is 0.750. The zero-order valence-electron chi connectivity index (χ0n) is 10.9. The van der Waals surface area contributed by atoms with Gasteiger partial charge in [0.2, 0.25) is 0 Å². The summed E-state index contributed by atoms with van der Waals surface area (Å²) in [5.74, 6) is 0. The van der Waals surface area contributed by atoms with Crippen molar-refractivity contribution in [3.63, 3.8) is 0 Å². The predicted molar refractivity (Wildman–Crippen MR) is 87.1 cm³/mol. The summed E-state index contributed by atoms with van der Waals surface area (Å²) in [6.07, 6.45) is 3.17. The van der Waals surface area contributed by atoms with Gasteiger partial charge in [0, 0.05) is 17.3 Å². The van der Waals surface area contributed by atoms with Crippen LogP contribution in [0, 0.1) is 6.92 Å². The van der Waals surface area contributed by atoms with Gasteiger partial charge < -0.3 is 0 Å². The topological polar surface area (TPSA) is 72.0 Å². The van der Waals surface area contributed by atoms with Crippen molar-refractivity contribution in [2.24, 2.45) is 0 Å². The van der Waals surface area contributed by atoms with Gasteiger partial charge >= 0.3 is 0 Å². The monoisotopic (exact) mass is 383 g/mol. The Morgan fingerprint density at radius 3 is 2.52 bits per heavy atom. The Labute approximate surface area is 134 Å². The third kappa shape index (κ3) is 2.92. The fraction of sp³-hybridized carbons (Fsp3) is 0.0769. The van der Waals surface area contributed by atoms with E-state index in [-0.39, 0.29) is 4.90 Å². The molecule has 0 aliphatic rings. The number of anilines is 1. The van der Waals surface area contributed by atoms with Crippen molar-refractivity contribution in [1.29, 1.82) is 0 Å². The largest absolute Gasteiger partial charge is 0.280 e. The molecular formula is C13H10BrN3O2S2. The highest BCUT2D eigenvalue weighted by atomic mass is 79.9. The Kier molecular flexibility index (Phi) is 3.68. The summed E-state index contributed by atoms with van der Waals surface area (Å²) in [5.41, 5.74) is 1.82. The van der Waals surface area contributed by atoms with Crippen LogP contribution in [0.4, 0.5) is 5.69 Å². The second-order valence-corrected chi connectivity index (χ2v) is 8.62. The van der Waals surface area contributed by atoms with Crippen LogP contribution in [0.3, 0.4) is 0 Å². The third-order valence-corrected chi connectivity index (χ3v) is 6.04. The van der Waals surface area contributed by atoms with E-state index in [0.717, 1.165) is 14.2 Å². The molecule has 0 aliphatic heterocycles. The molecule has 8 heteroatoms. The Hall–Kier alpha value is -1.51. The van der Waals surface area contributed by atoms with Crippen LogP contribution in [-0.2, 0) is 10.0 Å². The lowest BCUT2D eigenvalue weighted by molar-refractivity contribution is 0.601. The van der Waals surface area contributed by atoms with Crippen LogP contribution in [0.1, 0.15) is 4.88 Å². The fourth-order valence-electron chi connectivity index (χ4n) is 1.93. The highest BCUT2D eigenvalue weighted by molar-refractivity contribution is 9.11. The van der Waals surface area contributed by atoms with Crippen LogP contribution in [0.15, 0.2) is 45.3 Å². The Morgan fingerprint density at radius 2 is 1.86 bits per heavy atom. The van der Waals surface area contributed by atoms with Gasteiger partial charge in [-0.3, -0.25) is 14.7 Å². The molecule has 0 aliphatic carbocycles. The molecule has 21 heavy (non-hydrogen) atoms. The SMILES string of the molecule is Cc1sc(Br)cc1S(=O)(=O)Nc1ccc2nccnc2c1. The number of halogens is 1. The summed E-state index contributed by atoms with van der Waals surface area (Å²) in [4.78, 5) is 9.32. The molecule has 2 heterocycles. The Morgan fingerprint density at radius 1 is 1.14 bits per heavy atom. The molecule has 0 fully saturated rings. The number of nitrogens with one attached hydrogen (secondary N) is 1. The lowest BCUT2D eigenvalue weighted by atomic mass is 10.3. The van der Waals surface area contributed by atoms with Crippen molar-refractivity contribution in [1.82, 2.24) is 9.97 Å². The molecule has 0 saturated carbocycles. The summed E-state index contributed by atoms with van der Waals surface area (Å²) in [5, 5.41) is 0. The second-order valence-electron chi connectivity index (χ2n) is 4.34. The Balaban J connectivity index is 1.99. The highest BCUT2D eigenvalue weighted by Crippen LogP contribution is 2.31. The van der Waals surface area contributed by atoms with E-state index in [9.17, 15) is 8.42 Å². The van der Waals surface area contributed by atoms with Crippen LogP contribution >= 0.6 is 27.3 Å². The van der Waals surface area contributed by atoms with Gasteiger partial charge in [-0.1, -0.05) is 0 Å². The molecule has 0 atom stereocenters. The lowest BCUT2D eigenvalue weighted by Gasteiger charge is -2.08. The zero-order valence-corrected chi connectivity index (χ0v) is 14.1. The van der Waals surface area contributed by atoms with Gasteiger partial charge in [-0.25, -0.2) is 8.42 Å². The molecule has 0 spiro atoms. The van der Waals surface area contributed by atoms with Crippen molar-refractivity contribution in [3.8, 4) is 0 Å². The van der Waals surface area contributed by atoms with Gasteiger partial charge in [0.1, 0.15) is 4.90 Å². The molecule has 2 aromatic heterocycles. The smallest absolute Gasteiger partial charge is 0.263 e. The molecule has 0 amide bonds. The average Bonchev–Trinajstić information content (AvgIpc) is 2.78. The van der Waals surface area contributed by atoms with Gasteiger partial charge in [0.05, 0.1) is 20.5 Å². The fourth-order valence-corrected chi connectivity index (χ4v) is 5.40. The van der Waals surface area contributed by atoms with Gasteiger partial charge in [-0.2, -0.15) is 0 Å². The second kappa shape index (κ2) is 5.36. The van der Waals surface area contributed by atoms with Crippen LogP contribution in [-0.4, -0.2) is 18.4 Å². The molecule has 1 N–H and O–H groups in total. The molecule has 0 unspecified atom stereocenters. The molecule has 3 rings (SSSR count). The number of sulfonamides is 1. The van der Waals surface area contributed by atoms with Crippen LogP contribution in [0.2, 0.25) is 0 Å². The number of nitrogens with zero attached hydrogens (tertiary/aromatic N) is 2. The van der Waals surface area contributed by atoms with Crippen molar-refractivity contribution >= 4 is 54.0 Å². The summed E-state index contributed by atoms with van der Waals surface area (Å²) < 4.78 is 28.2. The van der Waals surface area contributed by atoms with E-state index in [1.807, 2.05) is 0 Å². The maximum Gasteiger partial charge on any atom is 0.263 e. The van der Waals surface area contributed by atoms with Crippen LogP contribution in [0.5, 0.6) is 0 Å². The minimum Gasteiger partial charge on any atom is -0.280 e. The minimum absolute atomic E-state index is 0.276. The van der Waals surface area contributed by atoms with Crippen LogP contribution in [0.25, 0.3) is 11.0 Å². The van der Waals surface area contributed by atoms with Crippen molar-refractivity contribution in [2.75, 3.05) is 4.72 Å². The van der Waals surface area contributed by atoms with E-state index >= 15 is 0 Å². The number of aromatic nitrogens is 2. The molecule has 1 aromatic carbocycles. The summed E-state index contributed by atoms with van der Waals surface area (Å²) in [6, 6.07) is 6.67. The highest BCUT2D eigenvalue weighted by Gasteiger charge is 2.19. The van der Waals surface area contributed by atoms with Crippen LogP contribution < -0.4 is 4.72 Å². The standard InChI is InChI=1S/C13H10BrN3O2S2/c1-8-12(7-13(14)20-8)21(18,19)17-9-2-3-10-11(6-9)16-5-4-15-10/h2-7,17H,1H3. The van der Waals surface area contributed by atoms with E-state index < -0.39 is 10.0 Å². The molecule has 3 aromatic rings. The van der Waals surface area contributed by atoms with Crippen molar-refractivity contribution < 1.29 is 8.42 Å². The van der Waals surface area contributed by atoms with E-state index in [4.69, 9.17) is 0 Å². The van der Waals surface area contributed by atoms with E-state index in [1.165, 1.54) is 11.3 Å². The third-order valence-electron chi connectivity index (χ3n) is 2.85.